The summed E-state index contributed by atoms with van der Waals surface area (Å²) >= 11 is 1.81. The number of thiazole rings is 1. The normalized spacial score (nSPS) is 18.8. The van der Waals surface area contributed by atoms with Crippen molar-refractivity contribution >= 4 is 11.3 Å². The third kappa shape index (κ3) is 4.06. The fourth-order valence-corrected chi connectivity index (χ4v) is 3.32. The van der Waals surface area contributed by atoms with Gasteiger partial charge >= 0.3 is 0 Å². The maximum absolute atomic E-state index is 4.49. The molecule has 0 bridgehead atoms. The molecule has 2 nitrogen and oxygen atoms in total. The van der Waals surface area contributed by atoms with Gasteiger partial charge in [-0.3, -0.25) is 0 Å². The molecule has 3 heteroatoms. The van der Waals surface area contributed by atoms with Gasteiger partial charge in [-0.1, -0.05) is 26.7 Å². The second-order valence-electron chi connectivity index (χ2n) is 5.71. The molecule has 0 saturated heterocycles. The second kappa shape index (κ2) is 6.67. The number of rotatable bonds is 9. The molecule has 1 aromatic heterocycles. The molecule has 1 N–H and O–H groups in total. The van der Waals surface area contributed by atoms with Crippen LogP contribution in [0.4, 0.5) is 0 Å². The highest BCUT2D eigenvalue weighted by atomic mass is 32.1. The fraction of sp³-hybridized carbons (Fsp3) is 0.800. The molecule has 0 spiro atoms. The summed E-state index contributed by atoms with van der Waals surface area (Å²) in [6.45, 7) is 5.81. The van der Waals surface area contributed by atoms with Crippen molar-refractivity contribution in [2.24, 2.45) is 5.41 Å². The molecule has 1 atom stereocenters. The molecule has 2 rings (SSSR count). The Morgan fingerprint density at radius 2 is 2.28 bits per heavy atom. The first-order chi connectivity index (χ1) is 8.78. The first-order valence-electron chi connectivity index (χ1n) is 7.40. The minimum Gasteiger partial charge on any atom is -0.313 e. The number of aromatic nitrogens is 1. The van der Waals surface area contributed by atoms with E-state index < -0.39 is 0 Å². The van der Waals surface area contributed by atoms with Crippen LogP contribution in [-0.2, 0) is 6.42 Å². The van der Waals surface area contributed by atoms with Crippen LogP contribution in [-0.4, -0.2) is 17.6 Å². The van der Waals surface area contributed by atoms with Gasteiger partial charge in [0.15, 0.2) is 0 Å². The number of nitrogens with one attached hydrogen (secondary N) is 1. The summed E-state index contributed by atoms with van der Waals surface area (Å²) in [4.78, 5) is 4.49. The Morgan fingerprint density at radius 1 is 1.44 bits per heavy atom. The Bertz CT molecular complexity index is 332. The lowest BCUT2D eigenvalue weighted by molar-refractivity contribution is 0.228. The van der Waals surface area contributed by atoms with Gasteiger partial charge in [-0.2, -0.15) is 0 Å². The molecular formula is C15H26N2S. The Kier molecular flexibility index (Phi) is 5.19. The lowest BCUT2D eigenvalue weighted by atomic mass is 9.77. The largest absolute Gasteiger partial charge is 0.313 e. The van der Waals surface area contributed by atoms with Crippen molar-refractivity contribution in [3.8, 4) is 0 Å². The predicted molar refractivity (Wildman–Crippen MR) is 79.1 cm³/mol. The Morgan fingerprint density at radius 3 is 2.83 bits per heavy atom. The van der Waals surface area contributed by atoms with Crippen molar-refractivity contribution in [2.45, 2.75) is 64.8 Å². The topological polar surface area (TPSA) is 24.9 Å². The third-order valence-electron chi connectivity index (χ3n) is 4.16. The van der Waals surface area contributed by atoms with E-state index in [0.717, 1.165) is 12.5 Å². The van der Waals surface area contributed by atoms with Crippen LogP contribution in [0.15, 0.2) is 11.6 Å². The van der Waals surface area contributed by atoms with Crippen LogP contribution < -0.4 is 5.32 Å². The number of hydrogen-bond acceptors (Lipinski definition) is 3. The molecule has 1 unspecified atom stereocenters. The van der Waals surface area contributed by atoms with E-state index >= 15 is 0 Å². The zero-order valence-corrected chi connectivity index (χ0v) is 12.6. The minimum atomic E-state index is 0.427. The van der Waals surface area contributed by atoms with E-state index in [0.29, 0.717) is 5.41 Å². The zero-order chi connectivity index (χ0) is 12.8. The third-order valence-corrected chi connectivity index (χ3v) is 4.94. The molecule has 1 aliphatic carbocycles. The molecule has 0 amide bonds. The van der Waals surface area contributed by atoms with Crippen molar-refractivity contribution in [1.29, 1.82) is 0 Å². The first kappa shape index (κ1) is 14.0. The average Bonchev–Trinajstić information content (AvgIpc) is 3.10. The summed E-state index contributed by atoms with van der Waals surface area (Å²) in [5.41, 5.74) is 0.427. The van der Waals surface area contributed by atoms with Crippen LogP contribution in [0.25, 0.3) is 0 Å². The highest BCUT2D eigenvalue weighted by Crippen LogP contribution is 2.34. The fourth-order valence-electron chi connectivity index (χ4n) is 2.53. The van der Waals surface area contributed by atoms with Crippen molar-refractivity contribution in [2.75, 3.05) is 6.54 Å². The van der Waals surface area contributed by atoms with Gasteiger partial charge in [0.1, 0.15) is 0 Å². The summed E-state index contributed by atoms with van der Waals surface area (Å²) in [5, 5.41) is 7.16. The van der Waals surface area contributed by atoms with E-state index in [2.05, 4.69) is 29.5 Å². The van der Waals surface area contributed by atoms with Crippen LogP contribution in [0.5, 0.6) is 0 Å². The highest BCUT2D eigenvalue weighted by molar-refractivity contribution is 7.09. The van der Waals surface area contributed by atoms with E-state index in [4.69, 9.17) is 0 Å². The number of unbranched alkanes of at least 4 members (excludes halogenated alkanes) is 1. The lowest BCUT2D eigenvalue weighted by Gasteiger charge is -2.33. The molecule has 0 aliphatic heterocycles. The molecule has 1 fully saturated rings. The molecule has 1 aliphatic rings. The van der Waals surface area contributed by atoms with Gasteiger partial charge in [0.2, 0.25) is 0 Å². The van der Waals surface area contributed by atoms with E-state index in [9.17, 15) is 0 Å². The molecule has 1 saturated carbocycles. The SMILES string of the molecule is CCCCC(CC)(CNC1CC1)Cc1nccs1. The highest BCUT2D eigenvalue weighted by Gasteiger charge is 2.31. The van der Waals surface area contributed by atoms with E-state index in [1.807, 2.05) is 17.5 Å². The van der Waals surface area contributed by atoms with Crippen LogP contribution in [0.3, 0.4) is 0 Å². The van der Waals surface area contributed by atoms with Gasteiger partial charge in [-0.05, 0) is 31.1 Å². The maximum atomic E-state index is 4.49. The van der Waals surface area contributed by atoms with Crippen LogP contribution in [0, 0.1) is 5.41 Å². The lowest BCUT2D eigenvalue weighted by Crippen LogP contribution is -2.37. The van der Waals surface area contributed by atoms with Gasteiger partial charge in [0.05, 0.1) is 5.01 Å². The van der Waals surface area contributed by atoms with Gasteiger partial charge in [0.25, 0.3) is 0 Å². The summed E-state index contributed by atoms with van der Waals surface area (Å²) in [5.74, 6) is 0. The van der Waals surface area contributed by atoms with Crippen LogP contribution in [0.2, 0.25) is 0 Å². The number of nitrogens with zero attached hydrogens (tertiary/aromatic N) is 1. The molecule has 0 aromatic carbocycles. The van der Waals surface area contributed by atoms with Crippen molar-refractivity contribution in [1.82, 2.24) is 10.3 Å². The monoisotopic (exact) mass is 266 g/mol. The zero-order valence-electron chi connectivity index (χ0n) is 11.7. The standard InChI is InChI=1S/C15H26N2S/c1-3-5-8-15(4-2,12-17-13-6-7-13)11-14-16-9-10-18-14/h9-10,13,17H,3-8,11-12H2,1-2H3. The van der Waals surface area contributed by atoms with Crippen molar-refractivity contribution < 1.29 is 0 Å². The summed E-state index contributed by atoms with van der Waals surface area (Å²) in [7, 11) is 0. The molecule has 102 valence electrons. The van der Waals surface area contributed by atoms with Crippen LogP contribution >= 0.6 is 11.3 Å². The maximum Gasteiger partial charge on any atom is 0.0930 e. The minimum absolute atomic E-state index is 0.427. The summed E-state index contributed by atoms with van der Waals surface area (Å²) < 4.78 is 0. The number of hydrogen-bond donors (Lipinski definition) is 1. The first-order valence-corrected chi connectivity index (χ1v) is 8.28. The van der Waals surface area contributed by atoms with Gasteiger partial charge in [-0.25, -0.2) is 4.98 Å². The van der Waals surface area contributed by atoms with Gasteiger partial charge in [0, 0.05) is 30.6 Å². The molecular weight excluding hydrogens is 240 g/mol. The van der Waals surface area contributed by atoms with Gasteiger partial charge < -0.3 is 5.32 Å². The summed E-state index contributed by atoms with van der Waals surface area (Å²) in [6.07, 6.45) is 11.1. The smallest absolute Gasteiger partial charge is 0.0930 e. The van der Waals surface area contributed by atoms with E-state index in [1.54, 1.807) is 0 Å². The summed E-state index contributed by atoms with van der Waals surface area (Å²) in [6, 6.07) is 0.814. The molecule has 1 heterocycles. The molecule has 1 aromatic rings. The van der Waals surface area contributed by atoms with Crippen molar-refractivity contribution in [3.63, 3.8) is 0 Å². The van der Waals surface area contributed by atoms with Crippen LogP contribution in [0.1, 0.15) is 57.4 Å². The second-order valence-corrected chi connectivity index (χ2v) is 6.69. The van der Waals surface area contributed by atoms with E-state index in [-0.39, 0.29) is 0 Å². The predicted octanol–water partition coefficient (Wildman–Crippen LogP) is 4.02. The van der Waals surface area contributed by atoms with Crippen molar-refractivity contribution in [3.05, 3.63) is 16.6 Å². The Hall–Kier alpha value is -0.410. The quantitative estimate of drug-likeness (QED) is 0.730. The average molecular weight is 266 g/mol. The molecule has 0 radical (unpaired) electrons. The Labute approximate surface area is 115 Å². The van der Waals surface area contributed by atoms with Gasteiger partial charge in [-0.15, -0.1) is 11.3 Å². The van der Waals surface area contributed by atoms with E-state index in [1.165, 1.54) is 50.1 Å². The molecule has 18 heavy (non-hydrogen) atoms. The Balaban J connectivity index is 1.97.